The van der Waals surface area contributed by atoms with Crippen molar-refractivity contribution in [1.82, 2.24) is 24.6 Å². The summed E-state index contributed by atoms with van der Waals surface area (Å²) in [6, 6.07) is 11.5. The number of likely N-dealkylation sites (tertiary alicyclic amines) is 1. The van der Waals surface area contributed by atoms with Crippen LogP contribution in [0.2, 0.25) is 0 Å². The molecule has 0 aliphatic carbocycles. The van der Waals surface area contributed by atoms with E-state index in [1.165, 1.54) is 6.33 Å². The van der Waals surface area contributed by atoms with E-state index in [0.717, 1.165) is 35.6 Å². The van der Waals surface area contributed by atoms with E-state index in [2.05, 4.69) is 28.1 Å². The minimum absolute atomic E-state index is 0.0489. The number of nitrogens with two attached hydrogens (primary N) is 1. The first-order chi connectivity index (χ1) is 13.0. The molecule has 3 heterocycles. The number of nitrogen functional groups attached to an aromatic ring is 1. The summed E-state index contributed by atoms with van der Waals surface area (Å²) < 4.78 is 2.05. The molecule has 4 rings (SSSR count). The van der Waals surface area contributed by atoms with E-state index >= 15 is 0 Å². The molecule has 1 saturated heterocycles. The fourth-order valence-corrected chi connectivity index (χ4v) is 3.64. The van der Waals surface area contributed by atoms with Crippen molar-refractivity contribution in [3.05, 3.63) is 59.7 Å². The first kappa shape index (κ1) is 17.2. The van der Waals surface area contributed by atoms with Crippen molar-refractivity contribution in [2.75, 3.05) is 18.8 Å². The van der Waals surface area contributed by atoms with Crippen molar-refractivity contribution >= 4 is 11.7 Å². The van der Waals surface area contributed by atoms with Gasteiger partial charge >= 0.3 is 0 Å². The molecule has 0 bridgehead atoms. The summed E-state index contributed by atoms with van der Waals surface area (Å²) in [7, 11) is 0. The quantitative estimate of drug-likeness (QED) is 0.773. The molecular weight excluding hydrogens is 340 g/mol. The Balaban J connectivity index is 1.48. The average Bonchev–Trinajstić information content (AvgIpc) is 3.27. The van der Waals surface area contributed by atoms with E-state index in [-0.39, 0.29) is 11.9 Å². The molecule has 1 atom stereocenters. The van der Waals surface area contributed by atoms with Gasteiger partial charge in [-0.3, -0.25) is 9.48 Å². The van der Waals surface area contributed by atoms with Crippen molar-refractivity contribution in [3.63, 3.8) is 0 Å². The van der Waals surface area contributed by atoms with Crippen LogP contribution < -0.4 is 5.73 Å². The number of carbonyl (C=O) groups excluding carboxylic acids is 1. The maximum absolute atomic E-state index is 12.9. The summed E-state index contributed by atoms with van der Waals surface area (Å²) in [6.07, 6.45) is 2.36. The van der Waals surface area contributed by atoms with Crippen molar-refractivity contribution in [3.8, 4) is 11.3 Å². The van der Waals surface area contributed by atoms with Gasteiger partial charge in [-0.05, 0) is 38.5 Å². The molecule has 1 fully saturated rings. The first-order valence-electron chi connectivity index (χ1n) is 9.01. The van der Waals surface area contributed by atoms with E-state index in [1.54, 1.807) is 6.07 Å². The SMILES string of the molecule is Cc1cc(C)n([C@H]2CCN(C(=O)c3ccc(-c4cc(N)ncn4)cc3)C2)n1. The van der Waals surface area contributed by atoms with Gasteiger partial charge in [-0.25, -0.2) is 9.97 Å². The predicted molar refractivity (Wildman–Crippen MR) is 103 cm³/mol. The standard InChI is InChI=1S/C20H22N6O/c1-13-9-14(2)26(24-13)17-7-8-25(11-17)20(27)16-5-3-15(4-6-16)18-10-19(21)23-12-22-18/h3-6,9-10,12,17H,7-8,11H2,1-2H3,(H2,21,22,23)/t17-/m0/s1. The number of hydrogen-bond donors (Lipinski definition) is 1. The lowest BCUT2D eigenvalue weighted by Crippen LogP contribution is -2.29. The minimum atomic E-state index is 0.0489. The van der Waals surface area contributed by atoms with Crippen LogP contribution in [-0.2, 0) is 0 Å². The summed E-state index contributed by atoms with van der Waals surface area (Å²) in [6.45, 7) is 5.48. The molecule has 138 valence electrons. The maximum atomic E-state index is 12.9. The van der Waals surface area contributed by atoms with Gasteiger partial charge in [-0.2, -0.15) is 5.10 Å². The van der Waals surface area contributed by atoms with E-state index in [4.69, 9.17) is 5.73 Å². The van der Waals surface area contributed by atoms with Crippen LogP contribution in [0.15, 0.2) is 42.7 Å². The Morgan fingerprint density at radius 2 is 1.93 bits per heavy atom. The predicted octanol–water partition coefficient (Wildman–Crippen LogP) is 2.63. The second-order valence-electron chi connectivity index (χ2n) is 6.97. The van der Waals surface area contributed by atoms with Gasteiger partial charge in [0.25, 0.3) is 5.91 Å². The number of aryl methyl sites for hydroxylation is 2. The molecule has 1 aromatic carbocycles. The lowest BCUT2D eigenvalue weighted by Gasteiger charge is -2.17. The zero-order valence-corrected chi connectivity index (χ0v) is 15.5. The number of aromatic nitrogens is 4. The maximum Gasteiger partial charge on any atom is 0.253 e. The Morgan fingerprint density at radius 1 is 1.15 bits per heavy atom. The zero-order valence-electron chi connectivity index (χ0n) is 15.5. The van der Waals surface area contributed by atoms with Gasteiger partial charge in [-0.1, -0.05) is 12.1 Å². The smallest absolute Gasteiger partial charge is 0.253 e. The second kappa shape index (κ2) is 6.83. The van der Waals surface area contributed by atoms with Crippen molar-refractivity contribution < 1.29 is 4.79 Å². The lowest BCUT2D eigenvalue weighted by atomic mass is 10.1. The molecule has 27 heavy (non-hydrogen) atoms. The Bertz CT molecular complexity index is 978. The number of benzene rings is 1. The van der Waals surface area contributed by atoms with Gasteiger partial charge < -0.3 is 10.6 Å². The zero-order chi connectivity index (χ0) is 19.0. The van der Waals surface area contributed by atoms with Crippen LogP contribution in [0.1, 0.15) is 34.2 Å². The molecule has 3 aromatic rings. The van der Waals surface area contributed by atoms with Gasteiger partial charge in [0, 0.05) is 36.0 Å². The number of hydrogen-bond acceptors (Lipinski definition) is 5. The molecule has 0 spiro atoms. The van der Waals surface area contributed by atoms with Gasteiger partial charge in [0.1, 0.15) is 12.1 Å². The highest BCUT2D eigenvalue weighted by Crippen LogP contribution is 2.25. The normalized spacial score (nSPS) is 16.7. The van der Waals surface area contributed by atoms with Crippen LogP contribution in [0.25, 0.3) is 11.3 Å². The van der Waals surface area contributed by atoms with E-state index in [9.17, 15) is 4.79 Å². The molecule has 0 radical (unpaired) electrons. The molecule has 1 aliphatic rings. The highest BCUT2D eigenvalue weighted by atomic mass is 16.2. The lowest BCUT2D eigenvalue weighted by molar-refractivity contribution is 0.0787. The van der Waals surface area contributed by atoms with Gasteiger partial charge in [0.05, 0.1) is 17.4 Å². The average molecular weight is 362 g/mol. The number of nitrogens with zero attached hydrogens (tertiary/aromatic N) is 5. The number of anilines is 1. The molecule has 2 aromatic heterocycles. The van der Waals surface area contributed by atoms with E-state index in [0.29, 0.717) is 17.9 Å². The number of amides is 1. The molecule has 7 heteroatoms. The highest BCUT2D eigenvalue weighted by molar-refractivity contribution is 5.94. The van der Waals surface area contributed by atoms with Crippen LogP contribution in [0.4, 0.5) is 5.82 Å². The summed E-state index contributed by atoms with van der Waals surface area (Å²) in [5, 5.41) is 4.57. The van der Waals surface area contributed by atoms with Crippen molar-refractivity contribution in [2.45, 2.75) is 26.3 Å². The number of rotatable bonds is 3. The molecule has 0 saturated carbocycles. The van der Waals surface area contributed by atoms with Crippen molar-refractivity contribution in [2.24, 2.45) is 0 Å². The van der Waals surface area contributed by atoms with Crippen LogP contribution in [0, 0.1) is 13.8 Å². The molecule has 1 amide bonds. The van der Waals surface area contributed by atoms with E-state index < -0.39 is 0 Å². The van der Waals surface area contributed by atoms with Crippen molar-refractivity contribution in [1.29, 1.82) is 0 Å². The van der Waals surface area contributed by atoms with Crippen LogP contribution in [0.5, 0.6) is 0 Å². The minimum Gasteiger partial charge on any atom is -0.384 e. The summed E-state index contributed by atoms with van der Waals surface area (Å²) in [5.41, 5.74) is 10.2. The summed E-state index contributed by atoms with van der Waals surface area (Å²) in [5.74, 6) is 0.472. The monoisotopic (exact) mass is 362 g/mol. The molecule has 0 unspecified atom stereocenters. The third-order valence-electron chi connectivity index (χ3n) is 4.96. The van der Waals surface area contributed by atoms with Crippen LogP contribution >= 0.6 is 0 Å². The third kappa shape index (κ3) is 3.40. The highest BCUT2D eigenvalue weighted by Gasteiger charge is 2.29. The fourth-order valence-electron chi connectivity index (χ4n) is 3.64. The third-order valence-corrected chi connectivity index (χ3v) is 4.96. The van der Waals surface area contributed by atoms with Gasteiger partial charge in [-0.15, -0.1) is 0 Å². The Morgan fingerprint density at radius 3 is 2.59 bits per heavy atom. The molecule has 7 nitrogen and oxygen atoms in total. The second-order valence-corrected chi connectivity index (χ2v) is 6.97. The Labute approximate surface area is 157 Å². The Kier molecular flexibility index (Phi) is 4.35. The Hall–Kier alpha value is -3.22. The largest absolute Gasteiger partial charge is 0.384 e. The van der Waals surface area contributed by atoms with Crippen LogP contribution in [0.3, 0.4) is 0 Å². The topological polar surface area (TPSA) is 89.9 Å². The molecular formula is C20H22N6O. The number of carbonyl (C=O) groups is 1. The van der Waals surface area contributed by atoms with Gasteiger partial charge in [0.2, 0.25) is 0 Å². The molecule has 1 aliphatic heterocycles. The summed E-state index contributed by atoms with van der Waals surface area (Å²) in [4.78, 5) is 22.9. The molecule has 2 N–H and O–H groups in total. The van der Waals surface area contributed by atoms with Gasteiger partial charge in [0.15, 0.2) is 0 Å². The summed E-state index contributed by atoms with van der Waals surface area (Å²) >= 11 is 0. The fraction of sp³-hybridized carbons (Fsp3) is 0.300. The van der Waals surface area contributed by atoms with E-state index in [1.807, 2.05) is 40.8 Å². The van der Waals surface area contributed by atoms with Crippen LogP contribution in [-0.4, -0.2) is 43.6 Å². The first-order valence-corrected chi connectivity index (χ1v) is 9.01.